The summed E-state index contributed by atoms with van der Waals surface area (Å²) in [6.07, 6.45) is 1.39. The molecular formula is C20H21NO4S. The van der Waals surface area contributed by atoms with Gasteiger partial charge in [-0.3, -0.25) is 4.79 Å². The largest absolute Gasteiger partial charge is 0.379 e. The molecule has 5 nitrogen and oxygen atoms in total. The predicted molar refractivity (Wildman–Crippen MR) is 98.7 cm³/mol. The summed E-state index contributed by atoms with van der Waals surface area (Å²) in [6, 6.07) is 10.2. The number of nitrogens with zero attached hydrogens (tertiary/aromatic N) is 1. The van der Waals surface area contributed by atoms with Crippen LogP contribution in [0.3, 0.4) is 0 Å². The lowest BCUT2D eigenvalue weighted by Gasteiger charge is -2.32. The van der Waals surface area contributed by atoms with Crippen molar-refractivity contribution >= 4 is 32.4 Å². The summed E-state index contributed by atoms with van der Waals surface area (Å²) in [7, 11) is -4.20. The molecule has 6 heteroatoms. The van der Waals surface area contributed by atoms with Crippen LogP contribution in [0.4, 0.5) is 5.69 Å². The van der Waals surface area contributed by atoms with E-state index in [1.807, 2.05) is 32.9 Å². The summed E-state index contributed by atoms with van der Waals surface area (Å²) in [4.78, 5) is 12.9. The highest BCUT2D eigenvalue weighted by molar-refractivity contribution is 7.88. The molecule has 2 aliphatic rings. The number of hydrogen-bond acceptors (Lipinski definition) is 4. The first kappa shape index (κ1) is 17.3. The Morgan fingerprint density at radius 2 is 1.81 bits per heavy atom. The normalized spacial score (nSPS) is 30.0. The minimum absolute atomic E-state index is 0.137. The van der Waals surface area contributed by atoms with Crippen LogP contribution >= 0.6 is 0 Å². The summed E-state index contributed by atoms with van der Waals surface area (Å²) in [6.45, 7) is 5.79. The van der Waals surface area contributed by atoms with Gasteiger partial charge in [0.2, 0.25) is 0 Å². The van der Waals surface area contributed by atoms with Crippen molar-refractivity contribution in [2.75, 3.05) is 0 Å². The maximum atomic E-state index is 13.0. The number of Topliss-reactive ketones (excluding diaryl/α,β-unsaturated/α-hetero) is 1. The maximum absolute atomic E-state index is 13.0. The van der Waals surface area contributed by atoms with E-state index in [-0.39, 0.29) is 23.1 Å². The van der Waals surface area contributed by atoms with Crippen LogP contribution in [0, 0.1) is 16.7 Å². The van der Waals surface area contributed by atoms with Crippen LogP contribution in [-0.2, 0) is 14.9 Å². The van der Waals surface area contributed by atoms with Gasteiger partial charge in [-0.15, -0.1) is 5.73 Å². The third-order valence-electron chi connectivity index (χ3n) is 6.85. The van der Waals surface area contributed by atoms with Crippen LogP contribution in [-0.4, -0.2) is 19.5 Å². The molecule has 0 N–H and O–H groups in total. The van der Waals surface area contributed by atoms with Crippen LogP contribution in [0.2, 0.25) is 0 Å². The lowest BCUT2D eigenvalue weighted by Crippen LogP contribution is -2.41. The number of fused-ring (bicyclic) bond motifs is 3. The van der Waals surface area contributed by atoms with Gasteiger partial charge in [0.1, 0.15) is 5.69 Å². The third-order valence-corrected chi connectivity index (χ3v) is 8.43. The summed E-state index contributed by atoms with van der Waals surface area (Å²) < 4.78 is 31.2. The van der Waals surface area contributed by atoms with Gasteiger partial charge in [0, 0.05) is 10.8 Å². The molecule has 2 aromatic carbocycles. The van der Waals surface area contributed by atoms with E-state index in [1.165, 1.54) is 6.07 Å². The van der Waals surface area contributed by atoms with Gasteiger partial charge in [-0.05, 0) is 35.6 Å². The van der Waals surface area contributed by atoms with Crippen LogP contribution in [0.25, 0.3) is 10.8 Å². The Kier molecular flexibility index (Phi) is 3.48. The number of ketones is 1. The standard InChI is InChI=1S/C20H21NO4S/c1-19(2)14-10-11-20(19,3)18(22)17(14)26(23,24)25-15-9-8-12-6-4-5-7-13(12)16(15)21/h4-9,14,17H,10-11H2,1-3H3. The Morgan fingerprint density at radius 1 is 1.12 bits per heavy atom. The number of carbonyl (C=O) groups is 1. The number of benzene rings is 2. The molecule has 2 aliphatic carbocycles. The first-order valence-corrected chi connectivity index (χ1v) is 10.2. The van der Waals surface area contributed by atoms with E-state index in [4.69, 9.17) is 4.18 Å². The average Bonchev–Trinajstić information content (AvgIpc) is 2.90. The van der Waals surface area contributed by atoms with Gasteiger partial charge in [0.15, 0.2) is 16.8 Å². The monoisotopic (exact) mass is 371 g/mol. The second-order valence-electron chi connectivity index (χ2n) is 8.19. The van der Waals surface area contributed by atoms with Gasteiger partial charge in [0.05, 0.1) is 0 Å². The Balaban J connectivity index is 1.73. The van der Waals surface area contributed by atoms with Gasteiger partial charge in [0.25, 0.3) is 0 Å². The minimum atomic E-state index is -4.20. The topological polar surface area (TPSA) is 82.7 Å². The van der Waals surface area contributed by atoms with Crippen LogP contribution in [0.15, 0.2) is 36.4 Å². The second kappa shape index (κ2) is 5.22. The molecule has 0 spiro atoms. The highest BCUT2D eigenvalue weighted by Gasteiger charge is 2.70. The van der Waals surface area contributed by atoms with E-state index in [9.17, 15) is 18.9 Å². The fraction of sp³-hybridized carbons (Fsp3) is 0.450. The van der Waals surface area contributed by atoms with Crippen molar-refractivity contribution in [3.8, 4) is 5.75 Å². The van der Waals surface area contributed by atoms with Gasteiger partial charge >= 0.3 is 10.1 Å². The van der Waals surface area contributed by atoms with Gasteiger partial charge in [-0.25, -0.2) is 0 Å². The summed E-state index contributed by atoms with van der Waals surface area (Å²) in [5.41, 5.74) is 9.16. The van der Waals surface area contributed by atoms with Crippen molar-refractivity contribution in [2.45, 2.75) is 38.9 Å². The summed E-state index contributed by atoms with van der Waals surface area (Å²) in [5, 5.41) is 0.105. The lowest BCUT2D eigenvalue weighted by molar-refractivity contribution is -0.128. The first-order valence-electron chi connectivity index (χ1n) is 8.78. The fourth-order valence-electron chi connectivity index (χ4n) is 4.82. The Bertz CT molecular complexity index is 1030. The van der Waals surface area contributed by atoms with Crippen LogP contribution < -0.4 is 9.92 Å². The molecule has 136 valence electrons. The van der Waals surface area contributed by atoms with Crippen molar-refractivity contribution in [2.24, 2.45) is 16.7 Å². The zero-order valence-corrected chi connectivity index (χ0v) is 15.8. The average molecular weight is 371 g/mol. The second-order valence-corrected chi connectivity index (χ2v) is 9.85. The fourth-order valence-corrected chi connectivity index (χ4v) is 6.70. The highest BCUT2D eigenvalue weighted by Crippen LogP contribution is 2.65. The maximum Gasteiger partial charge on any atom is 0.319 e. The smallest absolute Gasteiger partial charge is 0.319 e. The quantitative estimate of drug-likeness (QED) is 0.771. The van der Waals surface area contributed by atoms with Crippen LogP contribution in [0.5, 0.6) is 5.75 Å². The van der Waals surface area contributed by atoms with E-state index in [0.717, 1.165) is 5.39 Å². The zero-order chi connectivity index (χ0) is 18.9. The summed E-state index contributed by atoms with van der Waals surface area (Å²) in [5.74, 6) is -0.672. The molecule has 0 heterocycles. The Labute approximate surface area is 153 Å². The first-order chi connectivity index (χ1) is 12.1. The van der Waals surface area contributed by atoms with E-state index in [1.54, 1.807) is 18.2 Å². The minimum Gasteiger partial charge on any atom is -0.379 e. The van der Waals surface area contributed by atoms with Gasteiger partial charge in [-0.1, -0.05) is 51.1 Å². The molecule has 0 amide bonds. The molecule has 3 atom stereocenters. The molecule has 2 fully saturated rings. The number of rotatable bonds is 3. The van der Waals surface area contributed by atoms with Crippen molar-refractivity contribution < 1.29 is 17.4 Å². The molecule has 2 bridgehead atoms. The van der Waals surface area contributed by atoms with Crippen molar-refractivity contribution in [3.05, 3.63) is 36.4 Å². The van der Waals surface area contributed by atoms with Crippen LogP contribution in [0.1, 0.15) is 33.6 Å². The molecular weight excluding hydrogens is 350 g/mol. The third kappa shape index (κ3) is 2.08. The van der Waals surface area contributed by atoms with Crippen molar-refractivity contribution in [3.63, 3.8) is 0 Å². The molecule has 2 aromatic rings. The summed E-state index contributed by atoms with van der Waals surface area (Å²) >= 11 is 0. The lowest BCUT2D eigenvalue weighted by atomic mass is 9.70. The molecule has 0 saturated heterocycles. The van der Waals surface area contributed by atoms with E-state index in [0.29, 0.717) is 18.2 Å². The van der Waals surface area contributed by atoms with Crippen molar-refractivity contribution in [1.29, 1.82) is 0 Å². The Morgan fingerprint density at radius 3 is 2.46 bits per heavy atom. The van der Waals surface area contributed by atoms with Gasteiger partial charge in [-0.2, -0.15) is 8.42 Å². The Hall–Kier alpha value is -2.08. The van der Waals surface area contributed by atoms with E-state index < -0.39 is 26.2 Å². The van der Waals surface area contributed by atoms with Gasteiger partial charge < -0.3 is 4.18 Å². The SMILES string of the molecule is CC12CCC(C(S(=O)(=O)Oc3ccc4ccccc4c3[N])C1=O)C2(C)C. The molecule has 26 heavy (non-hydrogen) atoms. The number of hydrogen-bond donors (Lipinski definition) is 0. The van der Waals surface area contributed by atoms with Crippen molar-refractivity contribution in [1.82, 2.24) is 5.73 Å². The molecule has 4 rings (SSSR count). The highest BCUT2D eigenvalue weighted by atomic mass is 32.2. The van der Waals surface area contributed by atoms with E-state index in [2.05, 4.69) is 0 Å². The predicted octanol–water partition coefficient (Wildman–Crippen LogP) is 3.64. The molecule has 0 aromatic heterocycles. The molecule has 2 saturated carbocycles. The molecule has 2 radical (unpaired) electrons. The molecule has 3 unspecified atom stereocenters. The number of carbonyl (C=O) groups excluding carboxylic acids is 1. The van der Waals surface area contributed by atoms with E-state index >= 15 is 0 Å². The molecule has 0 aliphatic heterocycles. The zero-order valence-electron chi connectivity index (χ0n) is 15.0.